The number of anilines is 1. The molecule has 12 heteroatoms. The minimum Gasteiger partial charge on any atom is -0.481 e. The second-order valence-corrected chi connectivity index (χ2v) is 6.28. The number of rotatable bonds is 12. The molecule has 0 aliphatic heterocycles. The third kappa shape index (κ3) is 9.48. The van der Waals surface area contributed by atoms with Crippen LogP contribution in [0.3, 0.4) is 0 Å². The number of aliphatic carboxylic acids is 3. The Balaban J connectivity index is 2.50. The lowest BCUT2D eigenvalue weighted by molar-refractivity contribution is -0.140. The van der Waals surface area contributed by atoms with Crippen LogP contribution in [0.2, 0.25) is 0 Å². The Hall–Kier alpha value is -3.70. The minimum absolute atomic E-state index is 0.0692. The quantitative estimate of drug-likeness (QED) is 0.285. The molecule has 0 radical (unpaired) electrons. The van der Waals surface area contributed by atoms with Gasteiger partial charge in [-0.1, -0.05) is 6.07 Å². The van der Waals surface area contributed by atoms with E-state index in [4.69, 9.17) is 10.2 Å². The molecule has 0 spiro atoms. The van der Waals surface area contributed by atoms with E-state index in [1.807, 2.05) is 5.32 Å². The molecule has 11 nitrogen and oxygen atoms in total. The number of amides is 3. The van der Waals surface area contributed by atoms with Crippen LogP contribution in [-0.2, 0) is 19.2 Å². The maximum atomic E-state index is 13.1. The summed E-state index contributed by atoms with van der Waals surface area (Å²) < 4.78 is 13.1. The van der Waals surface area contributed by atoms with Crippen molar-refractivity contribution in [1.82, 2.24) is 10.6 Å². The molecule has 0 aliphatic rings. The highest BCUT2D eigenvalue weighted by molar-refractivity contribution is 5.90. The number of hydrogen-bond donors (Lipinski definition) is 6. The highest BCUT2D eigenvalue weighted by Gasteiger charge is 2.24. The van der Waals surface area contributed by atoms with E-state index in [1.54, 1.807) is 0 Å². The largest absolute Gasteiger partial charge is 0.481 e. The van der Waals surface area contributed by atoms with Gasteiger partial charge in [0.25, 0.3) is 0 Å². The molecule has 0 aliphatic carbocycles. The summed E-state index contributed by atoms with van der Waals surface area (Å²) in [5.74, 6) is -5.12. The van der Waals surface area contributed by atoms with Crippen LogP contribution in [0, 0.1) is 5.82 Å². The first kappa shape index (κ1) is 24.3. The zero-order valence-electron chi connectivity index (χ0n) is 15.8. The summed E-state index contributed by atoms with van der Waals surface area (Å²) in [7, 11) is 0. The topological polar surface area (TPSA) is 182 Å². The van der Waals surface area contributed by atoms with E-state index >= 15 is 0 Å². The van der Waals surface area contributed by atoms with E-state index < -0.39 is 54.2 Å². The maximum absolute atomic E-state index is 13.1. The van der Waals surface area contributed by atoms with Crippen molar-refractivity contribution in [3.05, 3.63) is 30.1 Å². The van der Waals surface area contributed by atoms with Crippen LogP contribution >= 0.6 is 0 Å². The molecule has 30 heavy (non-hydrogen) atoms. The fourth-order valence-corrected chi connectivity index (χ4v) is 2.40. The lowest BCUT2D eigenvalue weighted by Crippen LogP contribution is -2.51. The van der Waals surface area contributed by atoms with Gasteiger partial charge in [0.1, 0.15) is 17.9 Å². The summed E-state index contributed by atoms with van der Waals surface area (Å²) in [5, 5.41) is 33.3. The van der Waals surface area contributed by atoms with Gasteiger partial charge in [-0.15, -0.1) is 0 Å². The van der Waals surface area contributed by atoms with Gasteiger partial charge in [0.2, 0.25) is 5.91 Å². The van der Waals surface area contributed by atoms with E-state index in [1.165, 1.54) is 18.2 Å². The van der Waals surface area contributed by atoms with Crippen molar-refractivity contribution < 1.29 is 43.7 Å². The number of carbonyl (C=O) groups is 5. The Morgan fingerprint density at radius 1 is 0.900 bits per heavy atom. The first-order valence-corrected chi connectivity index (χ1v) is 8.88. The van der Waals surface area contributed by atoms with Gasteiger partial charge in [-0.25, -0.2) is 18.8 Å². The lowest BCUT2D eigenvalue weighted by atomic mass is 10.1. The normalized spacial score (nSPS) is 12.3. The van der Waals surface area contributed by atoms with Crippen LogP contribution < -0.4 is 16.0 Å². The molecule has 0 fully saturated rings. The molecule has 0 saturated heterocycles. The molecule has 0 heterocycles. The highest BCUT2D eigenvalue weighted by atomic mass is 19.1. The van der Waals surface area contributed by atoms with Gasteiger partial charge in [-0.05, 0) is 37.5 Å². The summed E-state index contributed by atoms with van der Waals surface area (Å²) in [4.78, 5) is 56.6. The van der Waals surface area contributed by atoms with Gasteiger partial charge in [0.15, 0.2) is 0 Å². The number of urea groups is 1. The number of carbonyl (C=O) groups excluding carboxylic acids is 2. The van der Waals surface area contributed by atoms with Gasteiger partial charge in [-0.2, -0.15) is 0 Å². The predicted octanol–water partition coefficient (Wildman–Crippen LogP) is 1.00. The number of carboxylic acids is 3. The van der Waals surface area contributed by atoms with Crippen LogP contribution in [0.4, 0.5) is 14.9 Å². The second kappa shape index (κ2) is 12.0. The summed E-state index contributed by atoms with van der Waals surface area (Å²) in [6.07, 6.45) is -1.04. The number of halogens is 1. The van der Waals surface area contributed by atoms with Crippen LogP contribution in [0.15, 0.2) is 24.3 Å². The van der Waals surface area contributed by atoms with Gasteiger partial charge < -0.3 is 31.3 Å². The van der Waals surface area contributed by atoms with Gasteiger partial charge >= 0.3 is 23.9 Å². The number of hydrogen-bond acceptors (Lipinski definition) is 5. The summed E-state index contributed by atoms with van der Waals surface area (Å²) >= 11 is 0. The molecule has 0 saturated carbocycles. The monoisotopic (exact) mass is 427 g/mol. The molecule has 6 N–H and O–H groups in total. The van der Waals surface area contributed by atoms with Crippen LogP contribution in [-0.4, -0.2) is 57.2 Å². The van der Waals surface area contributed by atoms with Crippen molar-refractivity contribution in [2.24, 2.45) is 0 Å². The fourth-order valence-electron chi connectivity index (χ4n) is 2.40. The number of nitrogens with one attached hydrogen (secondary N) is 3. The lowest BCUT2D eigenvalue weighted by Gasteiger charge is -2.18. The minimum atomic E-state index is -1.51. The zero-order chi connectivity index (χ0) is 22.7. The average Bonchev–Trinajstić information content (AvgIpc) is 2.63. The summed E-state index contributed by atoms with van der Waals surface area (Å²) in [6.45, 7) is 0. The molecule has 164 valence electrons. The second-order valence-electron chi connectivity index (χ2n) is 6.28. The Kier molecular flexibility index (Phi) is 9.73. The third-order valence-electron chi connectivity index (χ3n) is 3.86. The zero-order valence-corrected chi connectivity index (χ0v) is 15.8. The van der Waals surface area contributed by atoms with Crippen molar-refractivity contribution >= 4 is 35.5 Å². The van der Waals surface area contributed by atoms with E-state index in [2.05, 4.69) is 10.6 Å². The molecule has 0 bridgehead atoms. The van der Waals surface area contributed by atoms with Crippen molar-refractivity contribution in [2.75, 3.05) is 5.32 Å². The SMILES string of the molecule is O=C(O)CC[C@H](NC(=O)N[C@@H](CCCC(=O)Nc1cccc(F)c1)C(=O)O)C(=O)O. The van der Waals surface area contributed by atoms with Crippen molar-refractivity contribution in [3.8, 4) is 0 Å². The first-order chi connectivity index (χ1) is 14.1. The van der Waals surface area contributed by atoms with E-state index in [0.29, 0.717) is 0 Å². The molecule has 2 atom stereocenters. The predicted molar refractivity (Wildman–Crippen MR) is 100 cm³/mol. The van der Waals surface area contributed by atoms with Crippen molar-refractivity contribution in [3.63, 3.8) is 0 Å². The Bertz CT molecular complexity index is 801. The van der Waals surface area contributed by atoms with E-state index in [9.17, 15) is 33.5 Å². The molecule has 0 unspecified atom stereocenters. The van der Waals surface area contributed by atoms with E-state index in [0.717, 1.165) is 6.07 Å². The number of carboxylic acid groups (broad SMARTS) is 3. The Labute approximate surface area is 170 Å². The molecule has 1 rings (SSSR count). The average molecular weight is 427 g/mol. The Morgan fingerprint density at radius 3 is 2.03 bits per heavy atom. The van der Waals surface area contributed by atoms with Crippen LogP contribution in [0.1, 0.15) is 32.1 Å². The highest BCUT2D eigenvalue weighted by Crippen LogP contribution is 2.11. The van der Waals surface area contributed by atoms with Crippen LogP contribution in [0.5, 0.6) is 0 Å². The molecule has 1 aromatic carbocycles. The molecule has 3 amide bonds. The number of benzene rings is 1. The third-order valence-corrected chi connectivity index (χ3v) is 3.86. The van der Waals surface area contributed by atoms with Crippen molar-refractivity contribution in [2.45, 2.75) is 44.2 Å². The van der Waals surface area contributed by atoms with Gasteiger partial charge in [0.05, 0.1) is 0 Å². The molecule has 0 aromatic heterocycles. The summed E-state index contributed by atoms with van der Waals surface area (Å²) in [6, 6.07) is 1.22. The molecule has 1 aromatic rings. The molecular weight excluding hydrogens is 405 g/mol. The van der Waals surface area contributed by atoms with Crippen molar-refractivity contribution in [1.29, 1.82) is 0 Å². The van der Waals surface area contributed by atoms with Gasteiger partial charge in [0, 0.05) is 18.5 Å². The summed E-state index contributed by atoms with van der Waals surface area (Å²) in [5.41, 5.74) is 0.244. The standard InChI is InChI=1S/C18H22FN3O8/c19-10-3-1-4-11(9-10)20-14(23)6-2-5-12(16(26)27)21-18(30)22-13(17(28)29)7-8-15(24)25/h1,3-4,9,12-13H,2,5-8H2,(H,20,23)(H,24,25)(H,26,27)(H,28,29)(H2,21,22,30)/t12-,13-/m0/s1. The van der Waals surface area contributed by atoms with E-state index in [-0.39, 0.29) is 31.4 Å². The first-order valence-electron chi connectivity index (χ1n) is 8.88. The molecular formula is C18H22FN3O8. The van der Waals surface area contributed by atoms with Crippen LogP contribution in [0.25, 0.3) is 0 Å². The fraction of sp³-hybridized carbons (Fsp3) is 0.389. The van der Waals surface area contributed by atoms with Gasteiger partial charge in [-0.3, -0.25) is 9.59 Å². The Morgan fingerprint density at radius 2 is 1.50 bits per heavy atom. The maximum Gasteiger partial charge on any atom is 0.326 e. The smallest absolute Gasteiger partial charge is 0.326 e.